The number of hydrogen-bond donors (Lipinski definition) is 1. The van der Waals surface area contributed by atoms with Gasteiger partial charge in [-0.3, -0.25) is 9.59 Å². The third-order valence-corrected chi connectivity index (χ3v) is 5.31. The summed E-state index contributed by atoms with van der Waals surface area (Å²) in [5.41, 5.74) is 2.74. The molecule has 1 aliphatic heterocycles. The van der Waals surface area contributed by atoms with Crippen LogP contribution in [0, 0.1) is 0 Å². The summed E-state index contributed by atoms with van der Waals surface area (Å²) in [6.07, 6.45) is 1.91. The highest BCUT2D eigenvalue weighted by molar-refractivity contribution is 5.96. The molecular formula is C23H32N6O2. The fraction of sp³-hybridized carbons (Fsp3) is 0.435. The topological polar surface area (TPSA) is 72.0 Å². The van der Waals surface area contributed by atoms with Gasteiger partial charge < -0.3 is 24.9 Å². The van der Waals surface area contributed by atoms with Crippen LogP contribution >= 0.6 is 0 Å². The van der Waals surface area contributed by atoms with Crippen molar-refractivity contribution in [3.8, 4) is 0 Å². The lowest BCUT2D eigenvalue weighted by atomic mass is 10.2. The van der Waals surface area contributed by atoms with Gasteiger partial charge in [-0.25, -0.2) is 4.98 Å². The van der Waals surface area contributed by atoms with E-state index in [1.54, 1.807) is 17.0 Å². The largest absolute Gasteiger partial charge is 0.378 e. The van der Waals surface area contributed by atoms with Crippen LogP contribution in [-0.2, 0) is 11.3 Å². The van der Waals surface area contributed by atoms with Crippen LogP contribution in [0.1, 0.15) is 15.9 Å². The molecule has 31 heavy (non-hydrogen) atoms. The third kappa shape index (κ3) is 6.18. The molecule has 8 nitrogen and oxygen atoms in total. The average molecular weight is 425 g/mol. The Kier molecular flexibility index (Phi) is 7.46. The highest BCUT2D eigenvalue weighted by atomic mass is 16.2. The standard InChI is InChI=1S/C23H32N6O2/c1-26(2)17-18-5-10-21(24-15-18)28-11-13-29(14-12-28)22(30)16-25-23(31)19-6-8-20(9-7-19)27(3)4/h5-10,15H,11-14,16-17H2,1-4H3,(H,25,31). The Morgan fingerprint density at radius 3 is 2.19 bits per heavy atom. The molecule has 2 amide bonds. The number of aromatic nitrogens is 1. The number of piperazine rings is 1. The van der Waals surface area contributed by atoms with E-state index in [4.69, 9.17) is 0 Å². The summed E-state index contributed by atoms with van der Waals surface area (Å²) in [6.45, 7) is 3.56. The Bertz CT molecular complexity index is 872. The van der Waals surface area contributed by atoms with Gasteiger partial charge in [0.25, 0.3) is 5.91 Å². The van der Waals surface area contributed by atoms with E-state index in [1.165, 1.54) is 5.56 Å². The van der Waals surface area contributed by atoms with Crippen molar-refractivity contribution in [3.63, 3.8) is 0 Å². The van der Waals surface area contributed by atoms with Crippen molar-refractivity contribution in [1.29, 1.82) is 0 Å². The normalized spacial score (nSPS) is 14.0. The molecule has 0 aliphatic carbocycles. The quantitative estimate of drug-likeness (QED) is 0.722. The Labute approximate surface area is 184 Å². The Hall–Kier alpha value is -3.13. The first-order valence-electron chi connectivity index (χ1n) is 10.5. The summed E-state index contributed by atoms with van der Waals surface area (Å²) in [5, 5.41) is 2.74. The second-order valence-corrected chi connectivity index (χ2v) is 8.25. The number of hydrogen-bond acceptors (Lipinski definition) is 6. The number of benzene rings is 1. The molecule has 2 heterocycles. The molecule has 0 atom stereocenters. The molecule has 1 N–H and O–H groups in total. The highest BCUT2D eigenvalue weighted by Crippen LogP contribution is 2.15. The molecule has 0 saturated carbocycles. The molecular weight excluding hydrogens is 392 g/mol. The van der Waals surface area contributed by atoms with Gasteiger partial charge in [0.15, 0.2) is 0 Å². The van der Waals surface area contributed by atoms with Crippen molar-refractivity contribution >= 4 is 23.3 Å². The van der Waals surface area contributed by atoms with Gasteiger partial charge in [-0.1, -0.05) is 6.07 Å². The Morgan fingerprint density at radius 1 is 0.968 bits per heavy atom. The summed E-state index contributed by atoms with van der Waals surface area (Å²) in [7, 11) is 7.97. The molecule has 0 radical (unpaired) electrons. The molecule has 0 unspecified atom stereocenters. The fourth-order valence-electron chi connectivity index (χ4n) is 3.53. The molecule has 166 valence electrons. The zero-order valence-electron chi connectivity index (χ0n) is 18.8. The van der Waals surface area contributed by atoms with Crippen LogP contribution in [0.25, 0.3) is 0 Å². The predicted octanol–water partition coefficient (Wildman–Crippen LogP) is 1.29. The van der Waals surface area contributed by atoms with Gasteiger partial charge in [0.1, 0.15) is 5.82 Å². The van der Waals surface area contributed by atoms with Crippen molar-refractivity contribution in [2.75, 3.05) is 70.7 Å². The van der Waals surface area contributed by atoms with Crippen LogP contribution in [0.3, 0.4) is 0 Å². The predicted molar refractivity (Wildman–Crippen MR) is 124 cm³/mol. The van der Waals surface area contributed by atoms with E-state index in [1.807, 2.05) is 57.5 Å². The van der Waals surface area contributed by atoms with E-state index in [0.717, 1.165) is 31.1 Å². The van der Waals surface area contributed by atoms with Gasteiger partial charge in [0, 0.05) is 64.3 Å². The van der Waals surface area contributed by atoms with E-state index >= 15 is 0 Å². The molecule has 2 aromatic rings. The SMILES string of the molecule is CN(C)Cc1ccc(N2CCN(C(=O)CNC(=O)c3ccc(N(C)C)cc3)CC2)nc1. The van der Waals surface area contributed by atoms with Gasteiger partial charge in [0.05, 0.1) is 6.54 Å². The molecule has 1 fully saturated rings. The van der Waals surface area contributed by atoms with Crippen LogP contribution in [-0.4, -0.2) is 87.5 Å². The molecule has 0 bridgehead atoms. The van der Waals surface area contributed by atoms with Crippen LogP contribution in [0.4, 0.5) is 11.5 Å². The van der Waals surface area contributed by atoms with E-state index in [9.17, 15) is 9.59 Å². The van der Waals surface area contributed by atoms with E-state index in [-0.39, 0.29) is 18.4 Å². The summed E-state index contributed by atoms with van der Waals surface area (Å²) < 4.78 is 0. The second kappa shape index (κ2) is 10.3. The van der Waals surface area contributed by atoms with Crippen molar-refractivity contribution in [2.24, 2.45) is 0 Å². The van der Waals surface area contributed by atoms with Gasteiger partial charge in [-0.2, -0.15) is 0 Å². The number of carbonyl (C=O) groups excluding carboxylic acids is 2. The number of nitrogens with one attached hydrogen (secondary N) is 1. The molecule has 1 aromatic carbocycles. The number of anilines is 2. The Morgan fingerprint density at radius 2 is 1.65 bits per heavy atom. The third-order valence-electron chi connectivity index (χ3n) is 5.31. The number of pyridine rings is 1. The summed E-state index contributed by atoms with van der Waals surface area (Å²) in [6, 6.07) is 11.4. The number of nitrogens with zero attached hydrogens (tertiary/aromatic N) is 5. The van der Waals surface area contributed by atoms with Gasteiger partial charge in [-0.05, 0) is 50.0 Å². The Balaban J connectivity index is 1.45. The molecule has 1 aromatic heterocycles. The summed E-state index contributed by atoms with van der Waals surface area (Å²) >= 11 is 0. The minimum atomic E-state index is -0.237. The molecule has 0 spiro atoms. The lowest BCUT2D eigenvalue weighted by Gasteiger charge is -2.35. The first-order valence-corrected chi connectivity index (χ1v) is 10.5. The second-order valence-electron chi connectivity index (χ2n) is 8.25. The highest BCUT2D eigenvalue weighted by Gasteiger charge is 2.22. The van der Waals surface area contributed by atoms with Gasteiger partial charge >= 0.3 is 0 Å². The first kappa shape index (κ1) is 22.6. The first-order chi connectivity index (χ1) is 14.8. The number of carbonyl (C=O) groups is 2. The van der Waals surface area contributed by atoms with E-state index in [2.05, 4.69) is 26.2 Å². The number of amides is 2. The smallest absolute Gasteiger partial charge is 0.251 e. The van der Waals surface area contributed by atoms with Crippen molar-refractivity contribution < 1.29 is 9.59 Å². The average Bonchev–Trinajstić information content (AvgIpc) is 2.77. The van der Waals surface area contributed by atoms with Crippen molar-refractivity contribution in [3.05, 3.63) is 53.7 Å². The molecule has 1 aliphatic rings. The molecule has 1 saturated heterocycles. The minimum absolute atomic E-state index is 0.00570. The minimum Gasteiger partial charge on any atom is -0.378 e. The monoisotopic (exact) mass is 424 g/mol. The summed E-state index contributed by atoms with van der Waals surface area (Å²) in [5.74, 6) is 0.635. The number of rotatable bonds is 7. The lowest BCUT2D eigenvalue weighted by Crippen LogP contribution is -2.51. The summed E-state index contributed by atoms with van der Waals surface area (Å²) in [4.78, 5) is 37.5. The lowest BCUT2D eigenvalue weighted by molar-refractivity contribution is -0.130. The zero-order valence-corrected chi connectivity index (χ0v) is 18.8. The maximum atomic E-state index is 12.5. The van der Waals surface area contributed by atoms with Gasteiger partial charge in [-0.15, -0.1) is 0 Å². The zero-order chi connectivity index (χ0) is 22.4. The molecule has 8 heteroatoms. The molecule has 3 rings (SSSR count). The van der Waals surface area contributed by atoms with Crippen LogP contribution in [0.15, 0.2) is 42.6 Å². The van der Waals surface area contributed by atoms with Crippen molar-refractivity contribution in [2.45, 2.75) is 6.54 Å². The van der Waals surface area contributed by atoms with Crippen LogP contribution in [0.2, 0.25) is 0 Å². The van der Waals surface area contributed by atoms with E-state index < -0.39 is 0 Å². The van der Waals surface area contributed by atoms with E-state index in [0.29, 0.717) is 18.7 Å². The van der Waals surface area contributed by atoms with Gasteiger partial charge in [0.2, 0.25) is 5.91 Å². The maximum Gasteiger partial charge on any atom is 0.251 e. The fourth-order valence-corrected chi connectivity index (χ4v) is 3.53. The maximum absolute atomic E-state index is 12.5. The van der Waals surface area contributed by atoms with Crippen molar-refractivity contribution in [1.82, 2.24) is 20.1 Å². The van der Waals surface area contributed by atoms with Crippen LogP contribution < -0.4 is 15.1 Å². The van der Waals surface area contributed by atoms with Crippen LogP contribution in [0.5, 0.6) is 0 Å².